The Hall–Kier alpha value is -5.30. The fourth-order valence-corrected chi connectivity index (χ4v) is 3.38. The highest BCUT2D eigenvalue weighted by molar-refractivity contribution is 5.96. The number of furan rings is 2. The van der Waals surface area contributed by atoms with Crippen LogP contribution in [0.25, 0.3) is 21.5 Å². The van der Waals surface area contributed by atoms with Gasteiger partial charge in [-0.1, -0.05) is 24.3 Å². The van der Waals surface area contributed by atoms with Crippen LogP contribution in [0, 0.1) is 0 Å². The number of fused-ring (bicyclic) bond motifs is 2. The van der Waals surface area contributed by atoms with E-state index in [1.54, 1.807) is 24.3 Å². The lowest BCUT2D eigenvalue weighted by Gasteiger charge is -2.02. The highest BCUT2D eigenvalue weighted by Crippen LogP contribution is 2.18. The second kappa shape index (κ2) is 9.68. The van der Waals surface area contributed by atoms with E-state index in [1.807, 2.05) is 24.3 Å². The molecule has 0 atom stereocenters. The second-order valence-electron chi connectivity index (χ2n) is 7.21. The first-order chi connectivity index (χ1) is 16.9. The summed E-state index contributed by atoms with van der Waals surface area (Å²) in [6.45, 7) is 0. The Morgan fingerprint density at radius 1 is 0.543 bits per heavy atom. The predicted octanol–water partition coefficient (Wildman–Crippen LogP) is 2.71. The number of aliphatic imine (C=N–C) groups is 2. The average Bonchev–Trinajstić information content (AvgIpc) is 3.30. The molecular weight excluding hydrogens is 456 g/mol. The molecule has 170 valence electrons. The minimum atomic E-state index is -0.824. The molecule has 35 heavy (non-hydrogen) atoms. The third-order valence-corrected chi connectivity index (χ3v) is 5.04. The van der Waals surface area contributed by atoms with Gasteiger partial charge in [-0.15, -0.1) is 0 Å². The van der Waals surface area contributed by atoms with E-state index < -0.39 is 22.5 Å². The Balaban J connectivity index is 0.000000167. The van der Waals surface area contributed by atoms with Crippen molar-refractivity contribution in [1.82, 2.24) is 0 Å². The Morgan fingerprint density at radius 3 is 1.14 bits per heavy atom. The van der Waals surface area contributed by atoms with E-state index in [-0.39, 0.29) is 21.5 Å². The quantitative estimate of drug-likeness (QED) is 0.288. The molecule has 0 aliphatic heterocycles. The molecule has 0 aliphatic carbocycles. The number of rotatable bonds is 4. The van der Waals surface area contributed by atoms with Gasteiger partial charge in [0.25, 0.3) is 0 Å². The van der Waals surface area contributed by atoms with Crippen molar-refractivity contribution in [3.05, 3.63) is 113 Å². The van der Waals surface area contributed by atoms with Crippen molar-refractivity contribution in [3.63, 3.8) is 0 Å². The maximum absolute atomic E-state index is 11.2. The van der Waals surface area contributed by atoms with Gasteiger partial charge in [-0.2, -0.15) is 9.98 Å². The number of isocyanates is 2. The normalized spacial score (nSPS) is 10.3. The summed E-state index contributed by atoms with van der Waals surface area (Å²) in [5, 5.41) is -0.0726. The SMILES string of the molecule is O=C=Nc1ccc(Cc2ccc(N=C=O)cc2)cc1.O=c1oc(=O)c2cc3c(=O)oc(=O)c3cc12. The molecule has 10 heteroatoms. The molecule has 2 aromatic heterocycles. The molecule has 0 saturated carbocycles. The van der Waals surface area contributed by atoms with Gasteiger partial charge in [0.1, 0.15) is 0 Å². The molecule has 0 fully saturated rings. The molecule has 5 rings (SSSR count). The van der Waals surface area contributed by atoms with Crippen LogP contribution in [-0.4, -0.2) is 12.2 Å². The van der Waals surface area contributed by atoms with Gasteiger partial charge in [0.05, 0.1) is 32.9 Å². The van der Waals surface area contributed by atoms with Crippen LogP contribution in [0.2, 0.25) is 0 Å². The average molecular weight is 468 g/mol. The van der Waals surface area contributed by atoms with Crippen molar-refractivity contribution < 1.29 is 18.4 Å². The standard InChI is InChI=1S/C15H10N2O2.C10H2O6/c18-10-16-14-5-1-12(2-6-14)9-13-3-7-15(8-4-13)17-11-19;11-7-3-1-4-6(10(14)16-8(4)12)2-5(3)9(13)15-7/h1-8H,9H2;1-2H. The van der Waals surface area contributed by atoms with Gasteiger partial charge in [-0.25, -0.2) is 28.8 Å². The van der Waals surface area contributed by atoms with Crippen molar-refractivity contribution in [2.45, 2.75) is 6.42 Å². The Bertz CT molecular complexity index is 1640. The van der Waals surface area contributed by atoms with E-state index >= 15 is 0 Å². The molecule has 5 aromatic rings. The van der Waals surface area contributed by atoms with E-state index in [9.17, 15) is 28.8 Å². The number of nitrogens with zero attached hydrogens (tertiary/aromatic N) is 2. The summed E-state index contributed by atoms with van der Waals surface area (Å²) in [6.07, 6.45) is 3.77. The van der Waals surface area contributed by atoms with Gasteiger partial charge >= 0.3 is 22.5 Å². The molecule has 0 unspecified atom stereocenters. The van der Waals surface area contributed by atoms with Crippen molar-refractivity contribution in [2.75, 3.05) is 0 Å². The summed E-state index contributed by atoms with van der Waals surface area (Å²) >= 11 is 0. The van der Waals surface area contributed by atoms with E-state index in [0.717, 1.165) is 29.7 Å². The highest BCUT2D eigenvalue weighted by atomic mass is 16.4. The predicted molar refractivity (Wildman–Crippen MR) is 125 cm³/mol. The largest absolute Gasteiger partial charge is 0.386 e. The highest BCUT2D eigenvalue weighted by Gasteiger charge is 2.15. The molecule has 10 nitrogen and oxygen atoms in total. The van der Waals surface area contributed by atoms with E-state index in [4.69, 9.17) is 0 Å². The number of hydrogen-bond acceptors (Lipinski definition) is 10. The molecular formula is C25H12N2O8. The third kappa shape index (κ3) is 4.89. The third-order valence-electron chi connectivity index (χ3n) is 5.04. The zero-order valence-corrected chi connectivity index (χ0v) is 17.6. The van der Waals surface area contributed by atoms with Gasteiger partial charge in [0.15, 0.2) is 0 Å². The van der Waals surface area contributed by atoms with Crippen molar-refractivity contribution >= 4 is 45.1 Å². The topological polar surface area (TPSA) is 153 Å². The maximum atomic E-state index is 11.2. The molecule has 0 saturated heterocycles. The lowest BCUT2D eigenvalue weighted by Crippen LogP contribution is -1.96. The molecule has 0 spiro atoms. The lowest BCUT2D eigenvalue weighted by molar-refractivity contribution is 0.498. The smallest absolute Gasteiger partial charge is 0.346 e. The van der Waals surface area contributed by atoms with Crippen molar-refractivity contribution in [1.29, 1.82) is 0 Å². The van der Waals surface area contributed by atoms with Crippen LogP contribution < -0.4 is 22.5 Å². The summed E-state index contributed by atoms with van der Waals surface area (Å²) in [4.78, 5) is 72.0. The zero-order chi connectivity index (χ0) is 24.9. The summed E-state index contributed by atoms with van der Waals surface area (Å²) in [5.41, 5.74) is 0.103. The van der Waals surface area contributed by atoms with Crippen LogP contribution in [0.15, 0.2) is 98.7 Å². The van der Waals surface area contributed by atoms with Crippen LogP contribution in [0.4, 0.5) is 11.4 Å². The van der Waals surface area contributed by atoms with Gasteiger partial charge in [-0.05, 0) is 53.9 Å². The molecule has 0 amide bonds. The minimum Gasteiger partial charge on any atom is -0.386 e. The first-order valence-corrected chi connectivity index (χ1v) is 9.94. The molecule has 0 aliphatic rings. The zero-order valence-electron chi connectivity index (χ0n) is 17.6. The lowest BCUT2D eigenvalue weighted by atomic mass is 10.0. The Morgan fingerprint density at radius 2 is 0.857 bits per heavy atom. The second-order valence-corrected chi connectivity index (χ2v) is 7.21. The maximum Gasteiger partial charge on any atom is 0.346 e. The van der Waals surface area contributed by atoms with Crippen LogP contribution in [-0.2, 0) is 16.0 Å². The number of benzene rings is 3. The first kappa shape index (κ1) is 22.9. The van der Waals surface area contributed by atoms with Gasteiger partial charge in [0, 0.05) is 0 Å². The molecule has 2 heterocycles. The summed E-state index contributed by atoms with van der Waals surface area (Å²) in [5.74, 6) is 0. The molecule has 3 aromatic carbocycles. The number of carbonyl (C=O) groups excluding carboxylic acids is 2. The fraction of sp³-hybridized carbons (Fsp3) is 0.0400. The molecule has 0 radical (unpaired) electrons. The van der Waals surface area contributed by atoms with Crippen molar-refractivity contribution in [2.24, 2.45) is 9.98 Å². The summed E-state index contributed by atoms with van der Waals surface area (Å²) in [7, 11) is 0. The van der Waals surface area contributed by atoms with Gasteiger partial charge < -0.3 is 8.83 Å². The van der Waals surface area contributed by atoms with E-state index in [0.29, 0.717) is 11.4 Å². The van der Waals surface area contributed by atoms with Crippen LogP contribution in [0.3, 0.4) is 0 Å². The van der Waals surface area contributed by atoms with Gasteiger partial charge in [-0.3, -0.25) is 0 Å². The number of hydrogen-bond donors (Lipinski definition) is 0. The minimum absolute atomic E-state index is 0.0181. The van der Waals surface area contributed by atoms with Crippen LogP contribution in [0.1, 0.15) is 11.1 Å². The first-order valence-electron chi connectivity index (χ1n) is 9.94. The summed E-state index contributed by atoms with van der Waals surface area (Å²) in [6, 6.07) is 17.0. The molecule has 0 N–H and O–H groups in total. The van der Waals surface area contributed by atoms with Gasteiger partial charge in [0.2, 0.25) is 12.2 Å². The van der Waals surface area contributed by atoms with Crippen LogP contribution in [0.5, 0.6) is 0 Å². The van der Waals surface area contributed by atoms with Crippen molar-refractivity contribution in [3.8, 4) is 0 Å². The van der Waals surface area contributed by atoms with E-state index in [1.165, 1.54) is 12.2 Å². The molecule has 0 bridgehead atoms. The Kier molecular flexibility index (Phi) is 6.33. The monoisotopic (exact) mass is 468 g/mol. The fourth-order valence-electron chi connectivity index (χ4n) is 3.38. The van der Waals surface area contributed by atoms with E-state index in [2.05, 4.69) is 18.8 Å². The Labute approximate surface area is 193 Å². The summed E-state index contributed by atoms with van der Waals surface area (Å²) < 4.78 is 8.68. The van der Waals surface area contributed by atoms with Crippen LogP contribution >= 0.6 is 0 Å².